The normalized spacial score (nSPS) is 17.1. The molecule has 1 N–H and O–H groups in total. The number of hydrogen-bond donors (Lipinski definition) is 1. The van der Waals surface area contributed by atoms with Crippen LogP contribution in [0.4, 0.5) is 5.88 Å². The lowest BCUT2D eigenvalue weighted by Crippen LogP contribution is -2.39. The molecule has 1 aliphatic heterocycles. The molecule has 0 aliphatic carbocycles. The molecule has 1 saturated heterocycles. The molecule has 1 aliphatic rings. The third kappa shape index (κ3) is 8.05. The van der Waals surface area contributed by atoms with Gasteiger partial charge in [0, 0.05) is 57.9 Å². The van der Waals surface area contributed by atoms with Gasteiger partial charge in [0.15, 0.2) is 0 Å². The van der Waals surface area contributed by atoms with Gasteiger partial charge >= 0.3 is 5.97 Å². The molecule has 0 unspecified atom stereocenters. The molecule has 8 heteroatoms. The number of anilines is 1. The number of ether oxygens (including phenoxy) is 2. The van der Waals surface area contributed by atoms with E-state index in [0.717, 1.165) is 61.5 Å². The largest absolute Gasteiger partial charge is 0.463 e. The summed E-state index contributed by atoms with van der Waals surface area (Å²) in [6, 6.07) is 10.5. The third-order valence-corrected chi connectivity index (χ3v) is 6.44. The highest BCUT2D eigenvalue weighted by Crippen LogP contribution is 2.35. The Hall–Kier alpha value is -2.42. The molecule has 0 amide bonds. The van der Waals surface area contributed by atoms with Crippen LogP contribution in [0.1, 0.15) is 57.9 Å². The summed E-state index contributed by atoms with van der Waals surface area (Å²) in [5.41, 5.74) is 2.87. The van der Waals surface area contributed by atoms with Gasteiger partial charge in [-0.3, -0.25) is 9.69 Å². The number of methoxy groups -OCH3 is 1. The minimum absolute atomic E-state index is 0.00912. The molecule has 0 bridgehead atoms. The highest BCUT2D eigenvalue weighted by Gasteiger charge is 2.29. The summed E-state index contributed by atoms with van der Waals surface area (Å²) in [5, 5.41) is 15.2. The Morgan fingerprint density at radius 3 is 2.83 bits per heavy atom. The Morgan fingerprint density at radius 1 is 1.31 bits per heavy atom. The van der Waals surface area contributed by atoms with E-state index >= 15 is 0 Å². The number of carbonyl (C=O) groups excluding carboxylic acids is 1. The van der Waals surface area contributed by atoms with E-state index in [1.165, 1.54) is 6.42 Å². The van der Waals surface area contributed by atoms with Gasteiger partial charge in [0.25, 0.3) is 0 Å². The van der Waals surface area contributed by atoms with Gasteiger partial charge in [-0.2, -0.15) is 0 Å². The van der Waals surface area contributed by atoms with Crippen molar-refractivity contribution in [3.05, 3.63) is 35.9 Å². The zero-order chi connectivity index (χ0) is 25.0. The number of carbonyl (C=O) groups is 1. The predicted octanol–water partition coefficient (Wildman–Crippen LogP) is 4.26. The summed E-state index contributed by atoms with van der Waals surface area (Å²) >= 11 is 0. The van der Waals surface area contributed by atoms with Crippen molar-refractivity contribution >= 4 is 11.9 Å². The third-order valence-electron chi connectivity index (χ3n) is 6.44. The zero-order valence-electron chi connectivity index (χ0n) is 21.4. The first kappa shape index (κ1) is 27.2. The van der Waals surface area contributed by atoms with Crippen LogP contribution >= 0.6 is 0 Å². The second-order valence-corrected chi connectivity index (χ2v) is 9.39. The lowest BCUT2D eigenvalue weighted by molar-refractivity contribution is -0.147. The van der Waals surface area contributed by atoms with Crippen LogP contribution in [0.15, 0.2) is 34.9 Å². The maximum absolute atomic E-state index is 11.8. The highest BCUT2D eigenvalue weighted by atomic mass is 16.5. The van der Waals surface area contributed by atoms with Crippen LogP contribution in [-0.2, 0) is 20.8 Å². The van der Waals surface area contributed by atoms with Crippen LogP contribution in [0.2, 0.25) is 0 Å². The number of hydrogen-bond acceptors (Lipinski definition) is 8. The average Bonchev–Trinajstić information content (AvgIpc) is 3.27. The predicted molar refractivity (Wildman–Crippen MR) is 136 cm³/mol. The number of esters is 1. The molecule has 0 spiro atoms. The van der Waals surface area contributed by atoms with Gasteiger partial charge in [0.2, 0.25) is 5.88 Å². The lowest BCUT2D eigenvalue weighted by atomic mass is 10.0. The molecular formula is C27H41N3O5. The van der Waals surface area contributed by atoms with Gasteiger partial charge in [-0.15, -0.1) is 0 Å². The van der Waals surface area contributed by atoms with E-state index in [1.54, 1.807) is 7.11 Å². The fraction of sp³-hybridized carbons (Fsp3) is 0.630. The quantitative estimate of drug-likeness (QED) is 0.312. The number of rotatable bonds is 14. The van der Waals surface area contributed by atoms with Gasteiger partial charge in [0.1, 0.15) is 18.4 Å². The SMILES string of the molecule is CCCC(=O)OC[C@H](O)CN(CCCOC)Cc1c(-c2ccccc2)noc1N1CCCC[C@@H]1C. The van der Waals surface area contributed by atoms with Gasteiger partial charge in [0.05, 0.1) is 5.56 Å². The number of benzene rings is 1. The van der Waals surface area contributed by atoms with Crippen LogP contribution in [0.3, 0.4) is 0 Å². The second kappa shape index (κ2) is 14.2. The molecule has 0 saturated carbocycles. The number of nitrogens with zero attached hydrogens (tertiary/aromatic N) is 3. The first-order valence-corrected chi connectivity index (χ1v) is 12.9. The maximum Gasteiger partial charge on any atom is 0.305 e. The zero-order valence-corrected chi connectivity index (χ0v) is 21.4. The van der Waals surface area contributed by atoms with Gasteiger partial charge in [-0.1, -0.05) is 42.4 Å². The van der Waals surface area contributed by atoms with E-state index in [2.05, 4.69) is 21.9 Å². The van der Waals surface area contributed by atoms with E-state index in [9.17, 15) is 9.90 Å². The van der Waals surface area contributed by atoms with Crippen molar-refractivity contribution in [1.82, 2.24) is 10.1 Å². The first-order chi connectivity index (χ1) is 17.0. The number of aliphatic hydroxyl groups excluding tert-OH is 1. The lowest BCUT2D eigenvalue weighted by Gasteiger charge is -2.34. The van der Waals surface area contributed by atoms with Crippen molar-refractivity contribution in [3.8, 4) is 11.3 Å². The topological polar surface area (TPSA) is 88.3 Å². The van der Waals surface area contributed by atoms with Gasteiger partial charge < -0.3 is 24.0 Å². The van der Waals surface area contributed by atoms with Crippen molar-refractivity contribution in [2.75, 3.05) is 44.9 Å². The highest BCUT2D eigenvalue weighted by molar-refractivity contribution is 5.69. The molecule has 8 nitrogen and oxygen atoms in total. The molecule has 1 aromatic heterocycles. The molecule has 2 aromatic rings. The smallest absolute Gasteiger partial charge is 0.305 e. The van der Waals surface area contributed by atoms with Crippen molar-refractivity contribution in [1.29, 1.82) is 0 Å². The van der Waals surface area contributed by atoms with Crippen LogP contribution in [0, 0.1) is 0 Å². The van der Waals surface area contributed by atoms with E-state index in [0.29, 0.717) is 32.2 Å². The minimum Gasteiger partial charge on any atom is -0.463 e. The summed E-state index contributed by atoms with van der Waals surface area (Å²) in [5.74, 6) is 0.543. The number of aliphatic hydroxyl groups is 1. The van der Waals surface area contributed by atoms with Gasteiger partial charge in [-0.25, -0.2) is 0 Å². The summed E-state index contributed by atoms with van der Waals surface area (Å²) in [6.45, 7) is 7.39. The Labute approximate surface area is 209 Å². The summed E-state index contributed by atoms with van der Waals surface area (Å²) < 4.78 is 16.5. The molecule has 1 aromatic carbocycles. The number of aromatic nitrogens is 1. The summed E-state index contributed by atoms with van der Waals surface area (Å²) in [4.78, 5) is 16.3. The molecule has 2 atom stereocenters. The second-order valence-electron chi connectivity index (χ2n) is 9.39. The molecular weight excluding hydrogens is 446 g/mol. The molecule has 194 valence electrons. The molecule has 3 rings (SSSR count). The fourth-order valence-corrected chi connectivity index (χ4v) is 4.60. The Balaban J connectivity index is 1.83. The maximum atomic E-state index is 11.8. The van der Waals surface area contributed by atoms with Crippen LogP contribution in [0.5, 0.6) is 0 Å². The van der Waals surface area contributed by atoms with Crippen LogP contribution < -0.4 is 4.90 Å². The molecule has 1 fully saturated rings. The van der Waals surface area contributed by atoms with Crippen molar-refractivity contribution in [3.63, 3.8) is 0 Å². The van der Waals surface area contributed by atoms with Crippen LogP contribution in [-0.4, -0.2) is 73.2 Å². The van der Waals surface area contributed by atoms with E-state index in [4.69, 9.17) is 14.0 Å². The van der Waals surface area contributed by atoms with Gasteiger partial charge in [-0.05, 0) is 39.0 Å². The fourth-order valence-electron chi connectivity index (χ4n) is 4.60. The molecule has 0 radical (unpaired) electrons. The van der Waals surface area contributed by atoms with E-state index in [1.807, 2.05) is 37.3 Å². The summed E-state index contributed by atoms with van der Waals surface area (Å²) in [7, 11) is 1.69. The van der Waals surface area contributed by atoms with E-state index < -0.39 is 6.10 Å². The minimum atomic E-state index is -0.782. The van der Waals surface area contributed by atoms with Crippen molar-refractivity contribution in [2.45, 2.75) is 71.1 Å². The Bertz CT molecular complexity index is 888. The van der Waals surface area contributed by atoms with Crippen molar-refractivity contribution in [2.24, 2.45) is 0 Å². The van der Waals surface area contributed by atoms with Crippen LogP contribution in [0.25, 0.3) is 11.3 Å². The Kier molecular flexibility index (Phi) is 11.0. The summed E-state index contributed by atoms with van der Waals surface area (Å²) in [6.07, 6.45) is 4.61. The monoisotopic (exact) mass is 487 g/mol. The van der Waals surface area contributed by atoms with E-state index in [-0.39, 0.29) is 12.6 Å². The molecule has 35 heavy (non-hydrogen) atoms. The number of piperidine rings is 1. The molecule has 2 heterocycles. The average molecular weight is 488 g/mol. The first-order valence-electron chi connectivity index (χ1n) is 12.9. The standard InChI is InChI=1S/C27H41N3O5/c1-4-11-25(32)34-20-23(31)18-29(15-10-17-33-3)19-24-26(22-13-6-5-7-14-22)28-35-27(24)30-16-9-8-12-21(30)2/h5-7,13-14,21,23,31H,4,8-12,15-20H2,1-3H3/t21-,23+/m0/s1. The van der Waals surface area contributed by atoms with Crippen molar-refractivity contribution < 1.29 is 23.9 Å². The Morgan fingerprint density at radius 2 is 2.11 bits per heavy atom.